The highest BCUT2D eigenvalue weighted by Gasteiger charge is 2.23. The van der Waals surface area contributed by atoms with Crippen LogP contribution in [0.2, 0.25) is 0 Å². The van der Waals surface area contributed by atoms with E-state index in [-0.39, 0.29) is 5.95 Å². The Hall–Kier alpha value is -2.37. The molecule has 0 saturated heterocycles. The van der Waals surface area contributed by atoms with Gasteiger partial charge in [0.05, 0.1) is 6.10 Å². The predicted octanol–water partition coefficient (Wildman–Crippen LogP) is 1.73. The van der Waals surface area contributed by atoms with Crippen LogP contribution in [-0.4, -0.2) is 35.2 Å². The lowest BCUT2D eigenvalue weighted by molar-refractivity contribution is 0.303. The van der Waals surface area contributed by atoms with Crippen molar-refractivity contribution < 1.29 is 4.74 Å². The van der Waals surface area contributed by atoms with E-state index in [0.29, 0.717) is 17.9 Å². The van der Waals surface area contributed by atoms with Gasteiger partial charge in [-0.25, -0.2) is 0 Å². The van der Waals surface area contributed by atoms with Crippen molar-refractivity contribution in [2.75, 3.05) is 24.7 Å². The third-order valence-corrected chi connectivity index (χ3v) is 2.96. The van der Waals surface area contributed by atoms with E-state index < -0.39 is 0 Å². The first-order chi connectivity index (χ1) is 9.61. The number of hydrogen-bond donors (Lipinski definition) is 1. The minimum absolute atomic E-state index is 0.215. The van der Waals surface area contributed by atoms with Crippen LogP contribution >= 0.6 is 0 Å². The summed E-state index contributed by atoms with van der Waals surface area (Å²) in [7, 11) is 3.73. The van der Waals surface area contributed by atoms with Crippen molar-refractivity contribution in [2.45, 2.75) is 18.9 Å². The molecular weight excluding hydrogens is 254 g/mol. The third-order valence-electron chi connectivity index (χ3n) is 2.96. The number of ether oxygens (including phenoxy) is 1. The van der Waals surface area contributed by atoms with E-state index in [9.17, 15) is 0 Å². The van der Waals surface area contributed by atoms with Crippen LogP contribution < -0.4 is 15.4 Å². The second-order valence-corrected chi connectivity index (χ2v) is 5.06. The zero-order valence-electron chi connectivity index (χ0n) is 11.6. The highest BCUT2D eigenvalue weighted by molar-refractivity contribution is 5.59. The van der Waals surface area contributed by atoms with Crippen molar-refractivity contribution in [1.82, 2.24) is 15.0 Å². The van der Waals surface area contributed by atoms with E-state index in [1.165, 1.54) is 0 Å². The normalized spacial score (nSPS) is 14.1. The number of aromatic nitrogens is 3. The predicted molar refractivity (Wildman–Crippen MR) is 77.7 cm³/mol. The Morgan fingerprint density at radius 2 is 2.00 bits per heavy atom. The Morgan fingerprint density at radius 3 is 2.70 bits per heavy atom. The van der Waals surface area contributed by atoms with Gasteiger partial charge in [-0.1, -0.05) is 12.1 Å². The first-order valence-corrected chi connectivity index (χ1v) is 6.58. The van der Waals surface area contributed by atoms with E-state index in [4.69, 9.17) is 10.5 Å². The van der Waals surface area contributed by atoms with Gasteiger partial charge in [0.1, 0.15) is 5.75 Å². The smallest absolute Gasteiger partial charge is 0.230 e. The van der Waals surface area contributed by atoms with Crippen molar-refractivity contribution in [2.24, 2.45) is 0 Å². The average Bonchev–Trinajstić information content (AvgIpc) is 3.22. The quantitative estimate of drug-likeness (QED) is 0.912. The summed E-state index contributed by atoms with van der Waals surface area (Å²) >= 11 is 0. The van der Waals surface area contributed by atoms with Crippen molar-refractivity contribution in [1.29, 1.82) is 0 Å². The summed E-state index contributed by atoms with van der Waals surface area (Å²) < 4.78 is 5.78. The number of nitrogens with two attached hydrogens (primary N) is 1. The lowest BCUT2D eigenvalue weighted by atomic mass is 10.2. The molecule has 1 heterocycles. The molecule has 0 amide bonds. The third kappa shape index (κ3) is 2.79. The van der Waals surface area contributed by atoms with Crippen LogP contribution in [0.1, 0.15) is 12.8 Å². The highest BCUT2D eigenvalue weighted by atomic mass is 16.5. The van der Waals surface area contributed by atoms with Gasteiger partial charge in [-0.3, -0.25) is 0 Å². The summed E-state index contributed by atoms with van der Waals surface area (Å²) in [5.74, 6) is 2.16. The maximum atomic E-state index is 5.78. The van der Waals surface area contributed by atoms with Crippen molar-refractivity contribution >= 4 is 11.9 Å². The number of anilines is 2. The van der Waals surface area contributed by atoms with Crippen molar-refractivity contribution in [3.05, 3.63) is 24.3 Å². The zero-order chi connectivity index (χ0) is 14.1. The second-order valence-electron chi connectivity index (χ2n) is 5.06. The molecule has 2 aromatic rings. The minimum atomic E-state index is 0.215. The molecule has 20 heavy (non-hydrogen) atoms. The molecule has 1 aromatic heterocycles. The van der Waals surface area contributed by atoms with Gasteiger partial charge in [0, 0.05) is 19.7 Å². The standard InChI is InChI=1S/C14H17N5O/c1-19(2)14-17-12(16-13(15)18-14)9-4-3-5-11(8-9)20-10-6-7-10/h3-5,8,10H,6-7H2,1-2H3,(H2,15,16,17,18). The number of nitrogen functional groups attached to an aromatic ring is 1. The van der Waals surface area contributed by atoms with Gasteiger partial charge >= 0.3 is 0 Å². The molecule has 2 N–H and O–H groups in total. The molecule has 0 unspecified atom stereocenters. The molecule has 1 aliphatic rings. The Balaban J connectivity index is 1.94. The maximum absolute atomic E-state index is 5.78. The molecule has 3 rings (SSSR count). The minimum Gasteiger partial charge on any atom is -0.490 e. The number of nitrogens with zero attached hydrogens (tertiary/aromatic N) is 4. The van der Waals surface area contributed by atoms with Crippen molar-refractivity contribution in [3.8, 4) is 17.1 Å². The van der Waals surface area contributed by atoms with Crippen LogP contribution in [0.5, 0.6) is 5.75 Å². The summed E-state index contributed by atoms with van der Waals surface area (Å²) in [6, 6.07) is 7.75. The summed E-state index contributed by atoms with van der Waals surface area (Å²) in [6.07, 6.45) is 2.63. The van der Waals surface area contributed by atoms with Crippen molar-refractivity contribution in [3.63, 3.8) is 0 Å². The monoisotopic (exact) mass is 271 g/mol. The summed E-state index contributed by atoms with van der Waals surface area (Å²) in [4.78, 5) is 14.5. The lowest BCUT2D eigenvalue weighted by Crippen LogP contribution is -2.15. The SMILES string of the molecule is CN(C)c1nc(N)nc(-c2cccc(OC3CC3)c2)n1. The molecule has 0 atom stereocenters. The van der Waals surface area contributed by atoms with Crippen LogP contribution in [0.15, 0.2) is 24.3 Å². The van der Waals surface area contributed by atoms with Gasteiger partial charge < -0.3 is 15.4 Å². The van der Waals surface area contributed by atoms with Crippen LogP contribution in [0, 0.1) is 0 Å². The van der Waals surface area contributed by atoms with E-state index in [1.807, 2.05) is 38.4 Å². The highest BCUT2D eigenvalue weighted by Crippen LogP contribution is 2.29. The summed E-state index contributed by atoms with van der Waals surface area (Å²) in [5, 5.41) is 0. The van der Waals surface area contributed by atoms with Gasteiger partial charge in [-0.15, -0.1) is 0 Å². The first kappa shape index (κ1) is 12.7. The first-order valence-electron chi connectivity index (χ1n) is 6.58. The van der Waals surface area contributed by atoms with E-state index >= 15 is 0 Å². The fourth-order valence-corrected chi connectivity index (χ4v) is 1.80. The van der Waals surface area contributed by atoms with E-state index in [1.54, 1.807) is 4.90 Å². The zero-order valence-corrected chi connectivity index (χ0v) is 11.6. The Bertz CT molecular complexity index is 625. The molecular formula is C14H17N5O. The molecule has 1 aromatic carbocycles. The number of rotatable bonds is 4. The molecule has 6 heteroatoms. The van der Waals surface area contributed by atoms with Crippen LogP contribution in [0.25, 0.3) is 11.4 Å². The summed E-state index contributed by atoms with van der Waals surface area (Å²) in [6.45, 7) is 0. The molecule has 0 spiro atoms. The molecule has 0 bridgehead atoms. The fraction of sp³-hybridized carbons (Fsp3) is 0.357. The largest absolute Gasteiger partial charge is 0.490 e. The van der Waals surface area contributed by atoms with Gasteiger partial charge in [0.15, 0.2) is 5.82 Å². The molecule has 1 aliphatic carbocycles. The van der Waals surface area contributed by atoms with E-state index in [2.05, 4.69) is 15.0 Å². The average molecular weight is 271 g/mol. The molecule has 1 fully saturated rings. The topological polar surface area (TPSA) is 77.2 Å². The van der Waals surface area contributed by atoms with Crippen LogP contribution in [0.3, 0.4) is 0 Å². The van der Waals surface area contributed by atoms with Crippen LogP contribution in [-0.2, 0) is 0 Å². The Kier molecular flexibility index (Phi) is 3.14. The van der Waals surface area contributed by atoms with Gasteiger partial charge in [-0.2, -0.15) is 15.0 Å². The van der Waals surface area contributed by atoms with Gasteiger partial charge in [0.25, 0.3) is 0 Å². The van der Waals surface area contributed by atoms with Gasteiger partial charge in [0.2, 0.25) is 11.9 Å². The Labute approximate surface area is 117 Å². The number of hydrogen-bond acceptors (Lipinski definition) is 6. The summed E-state index contributed by atoms with van der Waals surface area (Å²) in [5.41, 5.74) is 6.62. The molecule has 6 nitrogen and oxygen atoms in total. The maximum Gasteiger partial charge on any atom is 0.230 e. The van der Waals surface area contributed by atoms with Gasteiger partial charge in [-0.05, 0) is 25.0 Å². The Morgan fingerprint density at radius 1 is 1.20 bits per heavy atom. The number of benzene rings is 1. The molecule has 0 radical (unpaired) electrons. The lowest BCUT2D eigenvalue weighted by Gasteiger charge is -2.12. The molecule has 1 saturated carbocycles. The fourth-order valence-electron chi connectivity index (χ4n) is 1.80. The van der Waals surface area contributed by atoms with E-state index in [0.717, 1.165) is 24.2 Å². The molecule has 0 aliphatic heterocycles. The second kappa shape index (κ2) is 4.96. The molecule has 104 valence electrons. The van der Waals surface area contributed by atoms with Crippen LogP contribution in [0.4, 0.5) is 11.9 Å².